The Morgan fingerprint density at radius 3 is 2.62 bits per heavy atom. The van der Waals surface area contributed by atoms with Gasteiger partial charge in [0.05, 0.1) is 13.7 Å². The van der Waals surface area contributed by atoms with Crippen molar-refractivity contribution in [3.63, 3.8) is 0 Å². The summed E-state index contributed by atoms with van der Waals surface area (Å²) >= 11 is 0. The zero-order chi connectivity index (χ0) is 18.2. The van der Waals surface area contributed by atoms with Crippen LogP contribution in [-0.2, 0) is 6.54 Å². The Hall–Kier alpha value is -1.30. The van der Waals surface area contributed by atoms with Gasteiger partial charge in [-0.15, -0.1) is 0 Å². The third-order valence-corrected chi connectivity index (χ3v) is 5.69. The lowest BCUT2D eigenvalue weighted by atomic mass is 10.0. The van der Waals surface area contributed by atoms with Crippen molar-refractivity contribution in [1.29, 1.82) is 0 Å². The van der Waals surface area contributed by atoms with E-state index in [0.717, 1.165) is 37.6 Å². The highest BCUT2D eigenvalue weighted by molar-refractivity contribution is 5.43. The molecule has 5 heteroatoms. The zero-order valence-corrected chi connectivity index (χ0v) is 16.2. The summed E-state index contributed by atoms with van der Waals surface area (Å²) < 4.78 is 11.6. The number of rotatable bonds is 8. The van der Waals surface area contributed by atoms with Crippen molar-refractivity contribution in [2.24, 2.45) is 0 Å². The van der Waals surface area contributed by atoms with Gasteiger partial charge in [0.2, 0.25) is 0 Å². The maximum absolute atomic E-state index is 9.60. The fourth-order valence-corrected chi connectivity index (χ4v) is 4.11. The van der Waals surface area contributed by atoms with Gasteiger partial charge in [-0.1, -0.05) is 18.9 Å². The van der Waals surface area contributed by atoms with E-state index in [0.29, 0.717) is 6.61 Å². The van der Waals surface area contributed by atoms with Crippen molar-refractivity contribution in [2.45, 2.75) is 51.1 Å². The summed E-state index contributed by atoms with van der Waals surface area (Å²) in [5.74, 6) is 1.63. The van der Waals surface area contributed by atoms with Crippen LogP contribution in [0.15, 0.2) is 18.2 Å². The first-order chi connectivity index (χ1) is 12.8. The van der Waals surface area contributed by atoms with Gasteiger partial charge < -0.3 is 14.6 Å². The third-order valence-electron chi connectivity index (χ3n) is 5.69. The number of ether oxygens (including phenoxy) is 2. The van der Waals surface area contributed by atoms with Gasteiger partial charge in [0, 0.05) is 19.1 Å². The number of aliphatic hydroxyl groups is 1. The van der Waals surface area contributed by atoms with Crippen LogP contribution >= 0.6 is 0 Å². The molecule has 3 rings (SSSR count). The highest BCUT2D eigenvalue weighted by Gasteiger charge is 2.22. The first-order valence-electron chi connectivity index (χ1n) is 10.2. The molecule has 0 spiro atoms. The van der Waals surface area contributed by atoms with E-state index in [1.807, 2.05) is 6.07 Å². The molecule has 2 aliphatic rings. The minimum atomic E-state index is 0.245. The molecule has 146 valence electrons. The number of hydrogen-bond donors (Lipinski definition) is 1. The molecule has 1 aromatic rings. The lowest BCUT2D eigenvalue weighted by molar-refractivity contribution is 0.0840. The van der Waals surface area contributed by atoms with Crippen LogP contribution in [0.25, 0.3) is 0 Å². The quantitative estimate of drug-likeness (QED) is 0.770. The molecular formula is C21H34N2O3. The maximum atomic E-state index is 9.60. The number of nitrogens with zero attached hydrogens (tertiary/aromatic N) is 2. The van der Waals surface area contributed by atoms with Crippen LogP contribution in [0.4, 0.5) is 0 Å². The van der Waals surface area contributed by atoms with E-state index in [1.165, 1.54) is 50.8 Å². The number of aliphatic hydroxyl groups excluding tert-OH is 1. The van der Waals surface area contributed by atoms with Gasteiger partial charge in [0.25, 0.3) is 0 Å². The first kappa shape index (κ1) is 19.5. The summed E-state index contributed by atoms with van der Waals surface area (Å²) in [5.41, 5.74) is 1.21. The normalized spacial score (nSPS) is 22.3. The standard InChI is InChI=1S/C21H34N2O3/c1-25-21-15-18(16-23-12-6-3-7-19(23)17-24)8-9-20(21)26-14-13-22-10-4-2-5-11-22/h8-9,15,19,24H,2-7,10-14,16-17H2,1H3. The number of benzene rings is 1. The third kappa shape index (κ3) is 5.35. The Morgan fingerprint density at radius 1 is 1.04 bits per heavy atom. The van der Waals surface area contributed by atoms with Crippen LogP contribution in [-0.4, -0.2) is 67.5 Å². The average Bonchev–Trinajstić information content (AvgIpc) is 2.70. The minimum Gasteiger partial charge on any atom is -0.493 e. The second-order valence-electron chi connectivity index (χ2n) is 7.54. The predicted octanol–water partition coefficient (Wildman–Crippen LogP) is 2.91. The van der Waals surface area contributed by atoms with Crippen molar-refractivity contribution in [2.75, 3.05) is 46.5 Å². The summed E-state index contributed by atoms with van der Waals surface area (Å²) in [6.45, 7) is 6.24. The van der Waals surface area contributed by atoms with Crippen LogP contribution in [0.1, 0.15) is 44.1 Å². The molecule has 0 aromatic heterocycles. The van der Waals surface area contributed by atoms with Crippen LogP contribution in [0.3, 0.4) is 0 Å². The molecular weight excluding hydrogens is 328 g/mol. The highest BCUT2D eigenvalue weighted by atomic mass is 16.5. The largest absolute Gasteiger partial charge is 0.493 e. The number of piperidine rings is 2. The van der Waals surface area contributed by atoms with E-state index in [1.54, 1.807) is 7.11 Å². The second-order valence-corrected chi connectivity index (χ2v) is 7.54. The second kappa shape index (κ2) is 10.1. The van der Waals surface area contributed by atoms with Crippen molar-refractivity contribution in [3.8, 4) is 11.5 Å². The van der Waals surface area contributed by atoms with Crippen LogP contribution < -0.4 is 9.47 Å². The molecule has 0 aliphatic carbocycles. The molecule has 0 radical (unpaired) electrons. The molecule has 2 saturated heterocycles. The van der Waals surface area contributed by atoms with Crippen molar-refractivity contribution >= 4 is 0 Å². The van der Waals surface area contributed by atoms with E-state index in [-0.39, 0.29) is 12.6 Å². The summed E-state index contributed by atoms with van der Waals surface area (Å²) in [6.07, 6.45) is 7.50. The highest BCUT2D eigenvalue weighted by Crippen LogP contribution is 2.29. The van der Waals surface area contributed by atoms with Crippen LogP contribution in [0, 0.1) is 0 Å². The van der Waals surface area contributed by atoms with E-state index in [2.05, 4.69) is 21.9 Å². The van der Waals surface area contributed by atoms with Crippen LogP contribution in [0.2, 0.25) is 0 Å². The summed E-state index contributed by atoms with van der Waals surface area (Å²) in [7, 11) is 1.70. The van der Waals surface area contributed by atoms with Crippen molar-refractivity contribution < 1.29 is 14.6 Å². The summed E-state index contributed by atoms with van der Waals surface area (Å²) in [6, 6.07) is 6.53. The SMILES string of the molecule is COc1cc(CN2CCCCC2CO)ccc1OCCN1CCCCC1. The number of likely N-dealkylation sites (tertiary alicyclic amines) is 2. The molecule has 1 aromatic carbocycles. The van der Waals surface area contributed by atoms with Gasteiger partial charge in [-0.2, -0.15) is 0 Å². The monoisotopic (exact) mass is 362 g/mol. The van der Waals surface area contributed by atoms with Crippen molar-refractivity contribution in [1.82, 2.24) is 9.80 Å². The van der Waals surface area contributed by atoms with Crippen molar-refractivity contribution in [3.05, 3.63) is 23.8 Å². The molecule has 1 N–H and O–H groups in total. The zero-order valence-electron chi connectivity index (χ0n) is 16.2. The van der Waals surface area contributed by atoms with E-state index in [9.17, 15) is 5.11 Å². The predicted molar refractivity (Wildman–Crippen MR) is 104 cm³/mol. The summed E-state index contributed by atoms with van der Waals surface area (Å²) in [5, 5.41) is 9.60. The Kier molecular flexibility index (Phi) is 7.59. The van der Waals surface area contributed by atoms with Gasteiger partial charge in [-0.3, -0.25) is 9.80 Å². The molecule has 2 fully saturated rings. The molecule has 0 bridgehead atoms. The number of methoxy groups -OCH3 is 1. The van der Waals surface area contributed by atoms with Gasteiger partial charge >= 0.3 is 0 Å². The molecule has 2 heterocycles. The lowest BCUT2D eigenvalue weighted by Crippen LogP contribution is -2.41. The maximum Gasteiger partial charge on any atom is 0.161 e. The molecule has 0 saturated carbocycles. The van der Waals surface area contributed by atoms with E-state index in [4.69, 9.17) is 9.47 Å². The Balaban J connectivity index is 1.54. The van der Waals surface area contributed by atoms with Gasteiger partial charge in [-0.05, 0) is 63.0 Å². The topological polar surface area (TPSA) is 45.2 Å². The molecule has 26 heavy (non-hydrogen) atoms. The fraction of sp³-hybridized carbons (Fsp3) is 0.714. The summed E-state index contributed by atoms with van der Waals surface area (Å²) in [4.78, 5) is 4.87. The molecule has 5 nitrogen and oxygen atoms in total. The molecule has 0 amide bonds. The smallest absolute Gasteiger partial charge is 0.161 e. The Bertz CT molecular complexity index is 546. The Labute approximate surface area is 157 Å². The van der Waals surface area contributed by atoms with E-state index < -0.39 is 0 Å². The van der Waals surface area contributed by atoms with Gasteiger partial charge in [-0.25, -0.2) is 0 Å². The molecule has 1 atom stereocenters. The fourth-order valence-electron chi connectivity index (χ4n) is 4.11. The molecule has 1 unspecified atom stereocenters. The van der Waals surface area contributed by atoms with Crippen LogP contribution in [0.5, 0.6) is 11.5 Å². The number of hydrogen-bond acceptors (Lipinski definition) is 5. The van der Waals surface area contributed by atoms with E-state index >= 15 is 0 Å². The minimum absolute atomic E-state index is 0.245. The molecule has 2 aliphatic heterocycles. The van der Waals surface area contributed by atoms with Gasteiger partial charge in [0.1, 0.15) is 6.61 Å². The average molecular weight is 363 g/mol. The lowest BCUT2D eigenvalue weighted by Gasteiger charge is -2.34. The van der Waals surface area contributed by atoms with Gasteiger partial charge in [0.15, 0.2) is 11.5 Å². The first-order valence-corrected chi connectivity index (χ1v) is 10.2. The Morgan fingerprint density at radius 2 is 1.85 bits per heavy atom.